The van der Waals surface area contributed by atoms with E-state index in [1.165, 1.54) is 0 Å². The lowest BCUT2D eigenvalue weighted by molar-refractivity contribution is 0.174. The first kappa shape index (κ1) is 9.17. The molecule has 1 aliphatic heterocycles. The van der Waals surface area contributed by atoms with Crippen LogP contribution in [0.25, 0.3) is 11.4 Å². The Morgan fingerprint density at radius 1 is 1.31 bits per heavy atom. The maximum atomic E-state index is 5.45. The van der Waals surface area contributed by atoms with E-state index in [0.29, 0.717) is 18.2 Å². The lowest BCUT2D eigenvalue weighted by Crippen LogP contribution is -1.97. The maximum absolute atomic E-state index is 5.45. The van der Waals surface area contributed by atoms with Gasteiger partial charge in [0.05, 0.1) is 6.54 Å². The minimum atomic E-state index is 0.265. The summed E-state index contributed by atoms with van der Waals surface area (Å²) in [5.74, 6) is 2.74. The number of fused-ring (bicyclic) bond motifs is 1. The van der Waals surface area contributed by atoms with Gasteiger partial charge in [-0.15, -0.1) is 0 Å². The molecule has 82 valence electrons. The van der Waals surface area contributed by atoms with Crippen LogP contribution in [-0.4, -0.2) is 22.0 Å². The van der Waals surface area contributed by atoms with E-state index >= 15 is 0 Å². The first-order chi connectivity index (χ1) is 7.86. The van der Waals surface area contributed by atoms with Crippen molar-refractivity contribution in [2.24, 2.45) is 5.73 Å². The van der Waals surface area contributed by atoms with Crippen LogP contribution >= 0.6 is 0 Å². The van der Waals surface area contributed by atoms with E-state index in [2.05, 4.69) is 15.2 Å². The van der Waals surface area contributed by atoms with Crippen molar-refractivity contribution in [2.45, 2.75) is 6.54 Å². The van der Waals surface area contributed by atoms with Crippen molar-refractivity contribution in [3.63, 3.8) is 0 Å². The Hall–Kier alpha value is -2.08. The van der Waals surface area contributed by atoms with E-state index in [0.717, 1.165) is 17.1 Å². The Kier molecular flexibility index (Phi) is 2.00. The molecule has 3 N–H and O–H groups in total. The molecule has 6 heteroatoms. The summed E-state index contributed by atoms with van der Waals surface area (Å²) in [5, 5.41) is 6.83. The van der Waals surface area contributed by atoms with Gasteiger partial charge in [-0.25, -0.2) is 4.98 Å². The van der Waals surface area contributed by atoms with E-state index in [1.54, 1.807) is 0 Å². The van der Waals surface area contributed by atoms with Gasteiger partial charge in [0, 0.05) is 5.56 Å². The Balaban J connectivity index is 2.00. The lowest BCUT2D eigenvalue weighted by atomic mass is 10.2. The molecule has 2 aromatic rings. The molecule has 2 heterocycles. The van der Waals surface area contributed by atoms with Gasteiger partial charge in [0.1, 0.15) is 5.82 Å². The molecule has 1 aromatic heterocycles. The van der Waals surface area contributed by atoms with Crippen LogP contribution in [0.15, 0.2) is 18.2 Å². The van der Waals surface area contributed by atoms with E-state index in [4.69, 9.17) is 15.2 Å². The fraction of sp³-hybridized carbons (Fsp3) is 0.200. The molecule has 0 unspecified atom stereocenters. The summed E-state index contributed by atoms with van der Waals surface area (Å²) >= 11 is 0. The number of nitrogens with zero attached hydrogens (tertiary/aromatic N) is 2. The fourth-order valence-corrected chi connectivity index (χ4v) is 1.55. The van der Waals surface area contributed by atoms with Crippen LogP contribution in [0.1, 0.15) is 5.82 Å². The molecule has 1 aromatic carbocycles. The smallest absolute Gasteiger partial charge is 0.231 e. The van der Waals surface area contributed by atoms with Crippen molar-refractivity contribution in [1.82, 2.24) is 15.2 Å². The second kappa shape index (κ2) is 3.49. The Morgan fingerprint density at radius 2 is 2.19 bits per heavy atom. The summed E-state index contributed by atoms with van der Waals surface area (Å²) in [6, 6.07) is 5.58. The number of aromatic amines is 1. The molecule has 0 saturated heterocycles. The summed E-state index contributed by atoms with van der Waals surface area (Å²) in [4.78, 5) is 4.24. The largest absolute Gasteiger partial charge is 0.454 e. The van der Waals surface area contributed by atoms with Crippen LogP contribution in [0.3, 0.4) is 0 Å². The second-order valence-electron chi connectivity index (χ2n) is 3.38. The molecule has 1 aliphatic rings. The number of hydrogen-bond donors (Lipinski definition) is 2. The van der Waals surface area contributed by atoms with Crippen molar-refractivity contribution in [3.05, 3.63) is 24.0 Å². The van der Waals surface area contributed by atoms with Crippen molar-refractivity contribution in [2.75, 3.05) is 6.79 Å². The summed E-state index contributed by atoms with van der Waals surface area (Å²) < 4.78 is 10.5. The van der Waals surface area contributed by atoms with Gasteiger partial charge in [-0.05, 0) is 18.2 Å². The Labute approximate surface area is 91.4 Å². The Bertz CT molecular complexity index is 523. The monoisotopic (exact) mass is 218 g/mol. The van der Waals surface area contributed by atoms with E-state index in [9.17, 15) is 0 Å². The molecule has 6 nitrogen and oxygen atoms in total. The van der Waals surface area contributed by atoms with Gasteiger partial charge in [0.15, 0.2) is 17.3 Å². The van der Waals surface area contributed by atoms with Crippen LogP contribution < -0.4 is 15.2 Å². The van der Waals surface area contributed by atoms with Gasteiger partial charge in [0.2, 0.25) is 6.79 Å². The van der Waals surface area contributed by atoms with Gasteiger partial charge < -0.3 is 15.2 Å². The highest BCUT2D eigenvalue weighted by Gasteiger charge is 2.15. The maximum Gasteiger partial charge on any atom is 0.231 e. The number of rotatable bonds is 2. The van der Waals surface area contributed by atoms with Crippen LogP contribution in [0.2, 0.25) is 0 Å². The first-order valence-corrected chi connectivity index (χ1v) is 4.88. The highest BCUT2D eigenvalue weighted by atomic mass is 16.7. The summed E-state index contributed by atoms with van der Waals surface area (Å²) in [6.07, 6.45) is 0. The number of benzene rings is 1. The predicted octanol–water partition coefficient (Wildman–Crippen LogP) is 0.659. The van der Waals surface area contributed by atoms with Crippen LogP contribution in [0, 0.1) is 0 Å². The van der Waals surface area contributed by atoms with Gasteiger partial charge in [0.25, 0.3) is 0 Å². The standard InChI is InChI=1S/C10H10N4O2/c11-4-9-12-10(14-13-9)6-1-2-7-8(3-6)16-5-15-7/h1-3H,4-5,11H2,(H,12,13,14). The van der Waals surface area contributed by atoms with Gasteiger partial charge in [-0.2, -0.15) is 5.10 Å². The molecule has 3 rings (SSSR count). The summed E-state index contributed by atoms with van der Waals surface area (Å²) in [6.45, 7) is 0.610. The Morgan fingerprint density at radius 3 is 3.00 bits per heavy atom. The molecule has 0 amide bonds. The van der Waals surface area contributed by atoms with Crippen LogP contribution in [0.4, 0.5) is 0 Å². The molecular formula is C10H10N4O2. The van der Waals surface area contributed by atoms with Crippen molar-refractivity contribution >= 4 is 0 Å². The SMILES string of the molecule is NCc1nc(-c2ccc3c(c2)OCO3)n[nH]1. The average molecular weight is 218 g/mol. The number of H-pyrrole nitrogens is 1. The number of hydrogen-bond acceptors (Lipinski definition) is 5. The zero-order chi connectivity index (χ0) is 11.0. The normalized spacial score (nSPS) is 13.1. The van der Waals surface area contributed by atoms with E-state index < -0.39 is 0 Å². The summed E-state index contributed by atoms with van der Waals surface area (Å²) in [5.41, 5.74) is 6.33. The van der Waals surface area contributed by atoms with Gasteiger partial charge in [-0.1, -0.05) is 0 Å². The average Bonchev–Trinajstić information content (AvgIpc) is 2.96. The van der Waals surface area contributed by atoms with Crippen molar-refractivity contribution in [1.29, 1.82) is 0 Å². The molecule has 0 radical (unpaired) electrons. The minimum absolute atomic E-state index is 0.265. The zero-order valence-corrected chi connectivity index (χ0v) is 8.43. The quantitative estimate of drug-likeness (QED) is 0.773. The molecule has 0 fully saturated rings. The van der Waals surface area contributed by atoms with E-state index in [1.807, 2.05) is 18.2 Å². The van der Waals surface area contributed by atoms with E-state index in [-0.39, 0.29) is 6.79 Å². The second-order valence-corrected chi connectivity index (χ2v) is 3.38. The lowest BCUT2D eigenvalue weighted by Gasteiger charge is -1.97. The minimum Gasteiger partial charge on any atom is -0.454 e. The molecule has 16 heavy (non-hydrogen) atoms. The summed E-state index contributed by atoms with van der Waals surface area (Å²) in [7, 11) is 0. The highest BCUT2D eigenvalue weighted by Crippen LogP contribution is 2.34. The van der Waals surface area contributed by atoms with Crippen LogP contribution in [-0.2, 0) is 6.54 Å². The number of nitrogens with two attached hydrogens (primary N) is 1. The molecule has 0 aliphatic carbocycles. The molecule has 0 bridgehead atoms. The molecular weight excluding hydrogens is 208 g/mol. The zero-order valence-electron chi connectivity index (χ0n) is 8.43. The van der Waals surface area contributed by atoms with Crippen LogP contribution in [0.5, 0.6) is 11.5 Å². The predicted molar refractivity (Wildman–Crippen MR) is 55.8 cm³/mol. The van der Waals surface area contributed by atoms with Crippen molar-refractivity contribution in [3.8, 4) is 22.9 Å². The number of nitrogens with one attached hydrogen (secondary N) is 1. The highest BCUT2D eigenvalue weighted by molar-refractivity contribution is 5.61. The molecule has 0 saturated carbocycles. The van der Waals surface area contributed by atoms with Gasteiger partial charge in [-0.3, -0.25) is 5.10 Å². The topological polar surface area (TPSA) is 86.1 Å². The third-order valence-electron chi connectivity index (χ3n) is 2.36. The first-order valence-electron chi connectivity index (χ1n) is 4.88. The molecule has 0 atom stereocenters. The number of ether oxygens (including phenoxy) is 2. The number of aromatic nitrogens is 3. The van der Waals surface area contributed by atoms with Crippen molar-refractivity contribution < 1.29 is 9.47 Å². The fourth-order valence-electron chi connectivity index (χ4n) is 1.55. The third kappa shape index (κ3) is 1.40. The molecule has 0 spiro atoms. The third-order valence-corrected chi connectivity index (χ3v) is 2.36. The van der Waals surface area contributed by atoms with Gasteiger partial charge >= 0.3 is 0 Å².